The Morgan fingerprint density at radius 3 is 2.81 bits per heavy atom. The Labute approximate surface area is 125 Å². The molecule has 1 aromatic carbocycles. The number of nitrogens with zero attached hydrogens (tertiary/aromatic N) is 1. The quantitative estimate of drug-likeness (QED) is 0.757. The van der Waals surface area contributed by atoms with E-state index in [4.69, 9.17) is 5.73 Å². The summed E-state index contributed by atoms with van der Waals surface area (Å²) in [6.07, 6.45) is 3.93. The second-order valence-corrected chi connectivity index (χ2v) is 6.41. The summed E-state index contributed by atoms with van der Waals surface area (Å²) >= 11 is 0. The van der Waals surface area contributed by atoms with E-state index in [1.807, 2.05) is 30.3 Å². The molecule has 4 heteroatoms. The molecule has 1 saturated carbocycles. The first-order valence-electron chi connectivity index (χ1n) is 7.67. The highest BCUT2D eigenvalue weighted by Crippen LogP contribution is 2.32. The molecule has 0 aliphatic heterocycles. The molecule has 0 bridgehead atoms. The molecule has 0 radical (unpaired) electrons. The van der Waals surface area contributed by atoms with Gasteiger partial charge in [-0.1, -0.05) is 6.92 Å². The van der Waals surface area contributed by atoms with E-state index in [0.717, 1.165) is 54.0 Å². The Kier molecular flexibility index (Phi) is 3.72. The standard InChI is InChI=1S/C17H23N3O/c1-12-6-8-17(21,9-7-12)11-19-16-5-2-13-10-14(18)3-4-15(13)20-16/h2-5,10,12,21H,6-9,11,18H2,1H3,(H,19,20). The number of pyridine rings is 1. The van der Waals surface area contributed by atoms with Crippen molar-refractivity contribution in [1.82, 2.24) is 4.98 Å². The van der Waals surface area contributed by atoms with E-state index in [1.54, 1.807) is 0 Å². The van der Waals surface area contributed by atoms with Crippen LogP contribution in [-0.2, 0) is 0 Å². The van der Waals surface area contributed by atoms with Gasteiger partial charge in [0.25, 0.3) is 0 Å². The third-order valence-electron chi connectivity index (χ3n) is 4.52. The van der Waals surface area contributed by atoms with Crippen LogP contribution in [0.2, 0.25) is 0 Å². The minimum Gasteiger partial charge on any atom is -0.399 e. The maximum atomic E-state index is 10.6. The molecule has 4 nitrogen and oxygen atoms in total. The summed E-state index contributed by atoms with van der Waals surface area (Å²) in [6.45, 7) is 2.82. The van der Waals surface area contributed by atoms with Gasteiger partial charge in [0.2, 0.25) is 0 Å². The van der Waals surface area contributed by atoms with Crippen LogP contribution in [0.4, 0.5) is 11.5 Å². The normalized spacial score (nSPS) is 25.9. The van der Waals surface area contributed by atoms with E-state index in [9.17, 15) is 5.11 Å². The van der Waals surface area contributed by atoms with Gasteiger partial charge in [-0.25, -0.2) is 4.98 Å². The number of rotatable bonds is 3. The van der Waals surface area contributed by atoms with Crippen LogP contribution in [0.25, 0.3) is 10.9 Å². The molecule has 112 valence electrons. The first-order chi connectivity index (χ1) is 10.0. The number of anilines is 2. The van der Waals surface area contributed by atoms with Gasteiger partial charge in [0.1, 0.15) is 5.82 Å². The number of fused-ring (bicyclic) bond motifs is 1. The zero-order chi connectivity index (χ0) is 14.9. The summed E-state index contributed by atoms with van der Waals surface area (Å²) in [5, 5.41) is 14.9. The van der Waals surface area contributed by atoms with Crippen LogP contribution in [0.5, 0.6) is 0 Å². The maximum absolute atomic E-state index is 10.6. The van der Waals surface area contributed by atoms with Gasteiger partial charge in [0.05, 0.1) is 11.1 Å². The summed E-state index contributed by atoms with van der Waals surface area (Å²) in [7, 11) is 0. The van der Waals surface area contributed by atoms with E-state index < -0.39 is 5.60 Å². The Hall–Kier alpha value is -1.81. The molecule has 4 N–H and O–H groups in total. The van der Waals surface area contributed by atoms with Crippen molar-refractivity contribution in [2.24, 2.45) is 5.92 Å². The summed E-state index contributed by atoms with van der Waals surface area (Å²) in [6, 6.07) is 9.65. The molecule has 0 saturated heterocycles. The Morgan fingerprint density at radius 2 is 2.05 bits per heavy atom. The average molecular weight is 285 g/mol. The van der Waals surface area contributed by atoms with Crippen molar-refractivity contribution in [3.05, 3.63) is 30.3 Å². The number of nitrogen functional groups attached to an aromatic ring is 1. The van der Waals surface area contributed by atoms with Gasteiger partial charge >= 0.3 is 0 Å². The fourth-order valence-corrected chi connectivity index (χ4v) is 2.97. The van der Waals surface area contributed by atoms with Gasteiger partial charge in [-0.2, -0.15) is 0 Å². The Bertz CT molecular complexity index is 633. The summed E-state index contributed by atoms with van der Waals surface area (Å²) in [5.74, 6) is 1.54. The Morgan fingerprint density at radius 1 is 1.29 bits per heavy atom. The van der Waals surface area contributed by atoms with Crippen molar-refractivity contribution in [1.29, 1.82) is 0 Å². The molecule has 1 aliphatic carbocycles. The SMILES string of the molecule is CC1CCC(O)(CNc2ccc3cc(N)ccc3n2)CC1. The van der Waals surface area contributed by atoms with Crippen molar-refractivity contribution >= 4 is 22.4 Å². The second-order valence-electron chi connectivity index (χ2n) is 6.41. The van der Waals surface area contributed by atoms with Crippen LogP contribution in [0.3, 0.4) is 0 Å². The van der Waals surface area contributed by atoms with Gasteiger partial charge in [0, 0.05) is 17.6 Å². The second kappa shape index (κ2) is 5.53. The van der Waals surface area contributed by atoms with E-state index in [1.165, 1.54) is 0 Å². The monoisotopic (exact) mass is 285 g/mol. The van der Waals surface area contributed by atoms with Crippen LogP contribution < -0.4 is 11.1 Å². The third-order valence-corrected chi connectivity index (χ3v) is 4.52. The molecular formula is C17H23N3O. The van der Waals surface area contributed by atoms with Crippen LogP contribution in [0.1, 0.15) is 32.6 Å². The summed E-state index contributed by atoms with van der Waals surface area (Å²) in [5.41, 5.74) is 6.84. The minimum atomic E-state index is -0.593. The van der Waals surface area contributed by atoms with Gasteiger partial charge in [-0.3, -0.25) is 0 Å². The van der Waals surface area contributed by atoms with Crippen molar-refractivity contribution in [3.8, 4) is 0 Å². The molecule has 0 unspecified atom stereocenters. The van der Waals surface area contributed by atoms with Crippen molar-refractivity contribution in [2.45, 2.75) is 38.2 Å². The predicted molar refractivity (Wildman–Crippen MR) is 87.2 cm³/mol. The number of hydrogen-bond acceptors (Lipinski definition) is 4. The first kappa shape index (κ1) is 14.1. The van der Waals surface area contributed by atoms with Gasteiger partial charge in [0.15, 0.2) is 0 Å². The summed E-state index contributed by atoms with van der Waals surface area (Å²) in [4.78, 5) is 4.57. The van der Waals surface area contributed by atoms with E-state index in [-0.39, 0.29) is 0 Å². The van der Waals surface area contributed by atoms with E-state index in [2.05, 4.69) is 17.2 Å². The topological polar surface area (TPSA) is 71.2 Å². The average Bonchev–Trinajstić information content (AvgIpc) is 2.49. The predicted octanol–water partition coefficient (Wildman–Crippen LogP) is 3.17. The fraction of sp³-hybridized carbons (Fsp3) is 0.471. The van der Waals surface area contributed by atoms with Crippen LogP contribution in [0, 0.1) is 5.92 Å². The maximum Gasteiger partial charge on any atom is 0.126 e. The van der Waals surface area contributed by atoms with E-state index in [0.29, 0.717) is 6.54 Å². The van der Waals surface area contributed by atoms with Crippen LogP contribution >= 0.6 is 0 Å². The number of nitrogens with two attached hydrogens (primary N) is 1. The van der Waals surface area contributed by atoms with Crippen LogP contribution in [-0.4, -0.2) is 22.2 Å². The van der Waals surface area contributed by atoms with Crippen molar-refractivity contribution in [2.75, 3.05) is 17.6 Å². The van der Waals surface area contributed by atoms with Gasteiger partial charge < -0.3 is 16.2 Å². The first-order valence-corrected chi connectivity index (χ1v) is 7.67. The zero-order valence-corrected chi connectivity index (χ0v) is 12.5. The number of benzene rings is 1. The molecule has 1 aromatic heterocycles. The third kappa shape index (κ3) is 3.27. The lowest BCUT2D eigenvalue weighted by Gasteiger charge is -2.35. The van der Waals surface area contributed by atoms with Crippen molar-refractivity contribution < 1.29 is 5.11 Å². The highest BCUT2D eigenvalue weighted by atomic mass is 16.3. The lowest BCUT2D eigenvalue weighted by molar-refractivity contribution is 0.00495. The zero-order valence-electron chi connectivity index (χ0n) is 12.5. The van der Waals surface area contributed by atoms with Crippen LogP contribution in [0.15, 0.2) is 30.3 Å². The molecule has 0 spiro atoms. The largest absolute Gasteiger partial charge is 0.399 e. The number of hydrogen-bond donors (Lipinski definition) is 3. The molecular weight excluding hydrogens is 262 g/mol. The van der Waals surface area contributed by atoms with Crippen molar-refractivity contribution in [3.63, 3.8) is 0 Å². The smallest absolute Gasteiger partial charge is 0.126 e. The van der Waals surface area contributed by atoms with Gasteiger partial charge in [-0.05, 0) is 61.9 Å². The summed E-state index contributed by atoms with van der Waals surface area (Å²) < 4.78 is 0. The molecule has 1 aliphatic rings. The lowest BCUT2D eigenvalue weighted by Crippen LogP contribution is -2.40. The number of nitrogens with one attached hydrogen (secondary N) is 1. The molecule has 1 heterocycles. The molecule has 3 rings (SSSR count). The Balaban J connectivity index is 1.69. The van der Waals surface area contributed by atoms with Gasteiger partial charge in [-0.15, -0.1) is 0 Å². The molecule has 21 heavy (non-hydrogen) atoms. The highest BCUT2D eigenvalue weighted by Gasteiger charge is 2.31. The molecule has 1 fully saturated rings. The number of aliphatic hydroxyl groups is 1. The highest BCUT2D eigenvalue weighted by molar-refractivity contribution is 5.83. The molecule has 0 atom stereocenters. The molecule has 2 aromatic rings. The minimum absolute atomic E-state index is 0.563. The fourth-order valence-electron chi connectivity index (χ4n) is 2.97. The lowest BCUT2D eigenvalue weighted by atomic mass is 9.79. The van der Waals surface area contributed by atoms with E-state index >= 15 is 0 Å². The molecule has 0 amide bonds. The number of aromatic nitrogens is 1.